The minimum Gasteiger partial charge on any atom is -0.481 e. The van der Waals surface area contributed by atoms with Gasteiger partial charge in [0.25, 0.3) is 0 Å². The third-order valence-corrected chi connectivity index (χ3v) is 3.30. The average molecular weight is 275 g/mol. The number of aryl methyl sites for hydroxylation is 2. The zero-order valence-corrected chi connectivity index (χ0v) is 11.4. The van der Waals surface area contributed by atoms with Crippen LogP contribution in [-0.2, 0) is 11.2 Å². The van der Waals surface area contributed by atoms with Gasteiger partial charge in [-0.15, -0.1) is 0 Å². The smallest absolute Gasteiger partial charge is 0.303 e. The van der Waals surface area contributed by atoms with Gasteiger partial charge in [0.15, 0.2) is 0 Å². The Labute approximate surface area is 117 Å². The lowest BCUT2D eigenvalue weighted by atomic mass is 10.00. The van der Waals surface area contributed by atoms with E-state index in [1.807, 2.05) is 49.4 Å². The first-order chi connectivity index (χ1) is 9.06. The summed E-state index contributed by atoms with van der Waals surface area (Å²) >= 11 is 6.25. The van der Waals surface area contributed by atoms with Crippen molar-refractivity contribution in [1.82, 2.24) is 0 Å². The van der Waals surface area contributed by atoms with Crippen molar-refractivity contribution in [2.75, 3.05) is 0 Å². The second-order valence-electron chi connectivity index (χ2n) is 4.58. The number of carboxylic acid groups (broad SMARTS) is 1. The van der Waals surface area contributed by atoms with Gasteiger partial charge in [0.1, 0.15) is 0 Å². The number of carboxylic acids is 1. The van der Waals surface area contributed by atoms with Gasteiger partial charge in [-0.2, -0.15) is 0 Å². The molecule has 0 aliphatic heterocycles. The maximum absolute atomic E-state index is 10.6. The van der Waals surface area contributed by atoms with Crippen LogP contribution in [0.3, 0.4) is 0 Å². The minimum atomic E-state index is -0.779. The molecule has 0 amide bonds. The summed E-state index contributed by atoms with van der Waals surface area (Å²) in [5, 5.41) is 9.43. The summed E-state index contributed by atoms with van der Waals surface area (Å²) in [6.07, 6.45) is 0.678. The second kappa shape index (κ2) is 5.89. The van der Waals surface area contributed by atoms with Crippen molar-refractivity contribution in [3.05, 3.63) is 58.6 Å². The molecule has 0 heterocycles. The lowest BCUT2D eigenvalue weighted by Crippen LogP contribution is -1.97. The molecule has 2 rings (SSSR count). The molecule has 0 unspecified atom stereocenters. The van der Waals surface area contributed by atoms with Crippen LogP contribution in [0.1, 0.15) is 17.5 Å². The van der Waals surface area contributed by atoms with Crippen LogP contribution in [0.15, 0.2) is 42.5 Å². The molecule has 0 aromatic heterocycles. The number of rotatable bonds is 4. The molecule has 2 nitrogen and oxygen atoms in total. The van der Waals surface area contributed by atoms with Crippen LogP contribution in [0.4, 0.5) is 0 Å². The molecule has 0 atom stereocenters. The van der Waals surface area contributed by atoms with Crippen molar-refractivity contribution in [2.24, 2.45) is 0 Å². The van der Waals surface area contributed by atoms with Gasteiger partial charge in [-0.25, -0.2) is 0 Å². The maximum atomic E-state index is 10.6. The average Bonchev–Trinajstić information content (AvgIpc) is 2.36. The molecule has 0 bridgehead atoms. The second-order valence-corrected chi connectivity index (χ2v) is 4.98. The highest BCUT2D eigenvalue weighted by Gasteiger charge is 2.05. The lowest BCUT2D eigenvalue weighted by Gasteiger charge is -2.07. The van der Waals surface area contributed by atoms with Crippen molar-refractivity contribution in [2.45, 2.75) is 19.8 Å². The summed E-state index contributed by atoms with van der Waals surface area (Å²) in [5.74, 6) is -0.779. The number of carbonyl (C=O) groups is 1. The van der Waals surface area contributed by atoms with Gasteiger partial charge in [0, 0.05) is 17.0 Å². The molecule has 2 aromatic rings. The van der Waals surface area contributed by atoms with Crippen molar-refractivity contribution < 1.29 is 9.90 Å². The Morgan fingerprint density at radius 2 is 2.00 bits per heavy atom. The van der Waals surface area contributed by atoms with Crippen molar-refractivity contribution in [3.63, 3.8) is 0 Å². The monoisotopic (exact) mass is 274 g/mol. The summed E-state index contributed by atoms with van der Waals surface area (Å²) in [6, 6.07) is 13.8. The van der Waals surface area contributed by atoms with E-state index in [2.05, 4.69) is 0 Å². The Bertz CT molecular complexity index is 605. The van der Waals surface area contributed by atoms with Gasteiger partial charge in [-0.3, -0.25) is 4.79 Å². The standard InChI is InChI=1S/C16H15ClO2/c1-11-5-7-14(15(17)9-11)13-4-2-3-12(10-13)6-8-16(18)19/h2-5,7,9-10H,6,8H2,1H3,(H,18,19). The maximum Gasteiger partial charge on any atom is 0.303 e. The molecule has 19 heavy (non-hydrogen) atoms. The fraction of sp³-hybridized carbons (Fsp3) is 0.188. The molecule has 0 radical (unpaired) electrons. The summed E-state index contributed by atoms with van der Waals surface area (Å²) in [7, 11) is 0. The van der Waals surface area contributed by atoms with E-state index in [9.17, 15) is 4.79 Å². The van der Waals surface area contributed by atoms with Crippen molar-refractivity contribution in [3.8, 4) is 11.1 Å². The highest BCUT2D eigenvalue weighted by molar-refractivity contribution is 6.33. The zero-order valence-electron chi connectivity index (χ0n) is 10.7. The Morgan fingerprint density at radius 3 is 2.68 bits per heavy atom. The molecule has 1 N–H and O–H groups in total. The van der Waals surface area contributed by atoms with Crippen LogP contribution in [0, 0.1) is 6.92 Å². The fourth-order valence-electron chi connectivity index (χ4n) is 2.00. The number of aliphatic carboxylic acids is 1. The van der Waals surface area contributed by atoms with E-state index >= 15 is 0 Å². The summed E-state index contributed by atoms with van der Waals surface area (Å²) in [5.41, 5.74) is 4.13. The molecular formula is C16H15ClO2. The van der Waals surface area contributed by atoms with Gasteiger partial charge in [0.2, 0.25) is 0 Å². The van der Waals surface area contributed by atoms with E-state index in [4.69, 9.17) is 16.7 Å². The van der Waals surface area contributed by atoms with E-state index in [0.29, 0.717) is 6.42 Å². The summed E-state index contributed by atoms with van der Waals surface area (Å²) in [6.45, 7) is 2.00. The van der Waals surface area contributed by atoms with E-state index in [1.54, 1.807) is 0 Å². The predicted molar refractivity (Wildman–Crippen MR) is 77.6 cm³/mol. The molecule has 98 valence electrons. The van der Waals surface area contributed by atoms with Gasteiger partial charge in [-0.05, 0) is 36.1 Å². The normalized spacial score (nSPS) is 10.4. The fourth-order valence-corrected chi connectivity index (χ4v) is 2.34. The first kappa shape index (κ1) is 13.6. The SMILES string of the molecule is Cc1ccc(-c2cccc(CCC(=O)O)c2)c(Cl)c1. The highest BCUT2D eigenvalue weighted by atomic mass is 35.5. The third kappa shape index (κ3) is 3.58. The predicted octanol–water partition coefficient (Wildman–Crippen LogP) is 4.33. The number of halogens is 1. The van der Waals surface area contributed by atoms with Gasteiger partial charge in [0.05, 0.1) is 0 Å². The quantitative estimate of drug-likeness (QED) is 0.901. The molecule has 3 heteroatoms. The topological polar surface area (TPSA) is 37.3 Å². The number of hydrogen-bond acceptors (Lipinski definition) is 1. The molecule has 0 spiro atoms. The molecule has 0 aliphatic rings. The van der Waals surface area contributed by atoms with Crippen molar-refractivity contribution >= 4 is 17.6 Å². The van der Waals surface area contributed by atoms with E-state index in [1.165, 1.54) is 0 Å². The summed E-state index contributed by atoms with van der Waals surface area (Å²) in [4.78, 5) is 10.6. The largest absolute Gasteiger partial charge is 0.481 e. The van der Waals surface area contributed by atoms with Crippen LogP contribution in [0.5, 0.6) is 0 Å². The number of benzene rings is 2. The Balaban J connectivity index is 2.29. The molecular weight excluding hydrogens is 260 g/mol. The highest BCUT2D eigenvalue weighted by Crippen LogP contribution is 2.29. The zero-order chi connectivity index (χ0) is 13.8. The first-order valence-corrected chi connectivity index (χ1v) is 6.51. The molecule has 2 aromatic carbocycles. The Hall–Kier alpha value is -1.80. The van der Waals surface area contributed by atoms with Crippen LogP contribution in [0.25, 0.3) is 11.1 Å². The third-order valence-electron chi connectivity index (χ3n) is 2.99. The van der Waals surface area contributed by atoms with E-state index in [-0.39, 0.29) is 6.42 Å². The van der Waals surface area contributed by atoms with Gasteiger partial charge < -0.3 is 5.11 Å². The molecule has 0 saturated carbocycles. The van der Waals surface area contributed by atoms with Crippen LogP contribution >= 0.6 is 11.6 Å². The van der Waals surface area contributed by atoms with Crippen molar-refractivity contribution in [1.29, 1.82) is 0 Å². The Morgan fingerprint density at radius 1 is 1.21 bits per heavy atom. The minimum absolute atomic E-state index is 0.144. The van der Waals surface area contributed by atoms with Crippen LogP contribution in [0.2, 0.25) is 5.02 Å². The van der Waals surface area contributed by atoms with Gasteiger partial charge in [-0.1, -0.05) is 48.0 Å². The molecule has 0 saturated heterocycles. The summed E-state index contributed by atoms with van der Waals surface area (Å²) < 4.78 is 0. The van der Waals surface area contributed by atoms with Gasteiger partial charge >= 0.3 is 5.97 Å². The Kier molecular flexibility index (Phi) is 4.23. The van der Waals surface area contributed by atoms with Crippen LogP contribution in [-0.4, -0.2) is 11.1 Å². The number of hydrogen-bond donors (Lipinski definition) is 1. The lowest BCUT2D eigenvalue weighted by molar-refractivity contribution is -0.136. The van der Waals surface area contributed by atoms with E-state index < -0.39 is 5.97 Å². The molecule has 0 aliphatic carbocycles. The van der Waals surface area contributed by atoms with E-state index in [0.717, 1.165) is 27.3 Å². The molecule has 0 fully saturated rings. The first-order valence-electron chi connectivity index (χ1n) is 6.13. The van der Waals surface area contributed by atoms with Crippen LogP contribution < -0.4 is 0 Å².